The van der Waals surface area contributed by atoms with Crippen molar-refractivity contribution in [3.8, 4) is 17.2 Å². The van der Waals surface area contributed by atoms with Gasteiger partial charge in [0.1, 0.15) is 22.8 Å². The predicted octanol–water partition coefficient (Wildman–Crippen LogP) is 4.31. The molecule has 0 amide bonds. The largest absolute Gasteiger partial charge is 0.507 e. The van der Waals surface area contributed by atoms with Gasteiger partial charge in [0.15, 0.2) is 17.9 Å². The van der Waals surface area contributed by atoms with Crippen LogP contribution in [0.3, 0.4) is 0 Å². The van der Waals surface area contributed by atoms with E-state index < -0.39 is 82.6 Å². The third-order valence-electron chi connectivity index (χ3n) is 9.05. The van der Waals surface area contributed by atoms with Crippen molar-refractivity contribution in [3.63, 3.8) is 0 Å². The predicted molar refractivity (Wildman–Crippen MR) is 173 cm³/mol. The molecule has 0 saturated carbocycles. The van der Waals surface area contributed by atoms with Crippen molar-refractivity contribution in [1.82, 2.24) is 0 Å². The molecule has 12 heteroatoms. The van der Waals surface area contributed by atoms with E-state index in [2.05, 4.69) is 0 Å². The molecule has 1 heterocycles. The fraction of sp³-hybridized carbons (Fsp3) is 0.400. The minimum absolute atomic E-state index is 0. The van der Waals surface area contributed by atoms with Crippen LogP contribution in [0.5, 0.6) is 17.2 Å². The van der Waals surface area contributed by atoms with Crippen molar-refractivity contribution in [3.05, 3.63) is 87.5 Å². The van der Waals surface area contributed by atoms with Gasteiger partial charge < -0.3 is 40.0 Å². The van der Waals surface area contributed by atoms with Gasteiger partial charge in [-0.3, -0.25) is 14.4 Å². The van der Waals surface area contributed by atoms with Crippen LogP contribution in [0.15, 0.2) is 48.5 Å². The van der Waals surface area contributed by atoms with Gasteiger partial charge in [-0.05, 0) is 25.5 Å². The molecule has 6 rings (SSSR count). The van der Waals surface area contributed by atoms with E-state index in [9.17, 15) is 29.7 Å². The Morgan fingerprint density at radius 1 is 1.02 bits per heavy atom. The second kappa shape index (κ2) is 13.7. The number of fused-ring (bicyclic) bond motifs is 3. The van der Waals surface area contributed by atoms with Gasteiger partial charge in [-0.15, -0.1) is 12.4 Å². The molecule has 5 N–H and O–H groups in total. The van der Waals surface area contributed by atoms with Crippen molar-refractivity contribution < 1.29 is 48.7 Å². The van der Waals surface area contributed by atoms with E-state index in [0.717, 1.165) is 5.56 Å². The second-order valence-electron chi connectivity index (χ2n) is 11.9. The highest BCUT2D eigenvalue weighted by atomic mass is 35.5. The molecule has 0 radical (unpaired) electrons. The zero-order valence-electron chi connectivity index (χ0n) is 25.5. The molecule has 1 saturated heterocycles. The second-order valence-corrected chi connectivity index (χ2v) is 11.9. The highest BCUT2D eigenvalue weighted by Gasteiger charge is 2.49. The highest BCUT2D eigenvalue weighted by molar-refractivity contribution is 6.31. The number of phenols is 2. The molecule has 1 aliphatic heterocycles. The molecular formula is C35H40ClNO10. The Morgan fingerprint density at radius 3 is 2.34 bits per heavy atom. The lowest BCUT2D eigenvalue weighted by Crippen LogP contribution is -2.53. The third kappa shape index (κ3) is 6.15. The Morgan fingerprint density at radius 2 is 1.70 bits per heavy atom. The number of halogens is 1. The summed E-state index contributed by atoms with van der Waals surface area (Å²) in [6.45, 7) is 3.33. The minimum Gasteiger partial charge on any atom is -0.507 e. The Balaban J connectivity index is 0.00000250. The first-order valence-electron chi connectivity index (χ1n) is 14.8. The number of carbonyl (C=O) groups is 3. The number of nitrogens with two attached hydrogens (primary N) is 1. The molecule has 0 bridgehead atoms. The fourth-order valence-electron chi connectivity index (χ4n) is 6.68. The number of benzene rings is 3. The van der Waals surface area contributed by atoms with Crippen molar-refractivity contribution >= 4 is 29.8 Å². The topological polar surface area (TPSA) is 175 Å². The quantitative estimate of drug-likeness (QED) is 0.206. The fourth-order valence-corrected chi connectivity index (χ4v) is 6.68. The lowest BCUT2D eigenvalue weighted by atomic mass is 9.72. The van der Waals surface area contributed by atoms with E-state index in [1.807, 2.05) is 30.3 Å². The third-order valence-corrected chi connectivity index (χ3v) is 9.05. The molecule has 0 spiro atoms. The number of Topliss-reactive ketones (excluding diaryl/α,β-unsaturated/α-hetero) is 1. The molecule has 2 aliphatic carbocycles. The summed E-state index contributed by atoms with van der Waals surface area (Å²) in [7, 11) is 1.35. The number of methoxy groups -OCH3 is 1. The van der Waals surface area contributed by atoms with Gasteiger partial charge in [0.05, 0.1) is 48.7 Å². The number of ether oxygens (including phenoxy) is 4. The monoisotopic (exact) mass is 669 g/mol. The first-order valence-corrected chi connectivity index (χ1v) is 14.8. The number of hydrogen-bond acceptors (Lipinski definition) is 11. The molecular weight excluding hydrogens is 630 g/mol. The maximum atomic E-state index is 13.8. The van der Waals surface area contributed by atoms with E-state index in [-0.39, 0.29) is 60.7 Å². The highest BCUT2D eigenvalue weighted by Crippen LogP contribution is 2.52. The van der Waals surface area contributed by atoms with Gasteiger partial charge in [0.2, 0.25) is 5.78 Å². The SMILES string of the molecule is C.COc1cccc2c1C(=O)c1c(O)c3c(c(O)c1C2=O)C[C@@](O)(C(C)=O)C[C@H]3OC1CC(N)C(OCc2ccccc2)C(C)O1.Cl. The van der Waals surface area contributed by atoms with Gasteiger partial charge in [0.25, 0.3) is 0 Å². The Labute approximate surface area is 279 Å². The van der Waals surface area contributed by atoms with Gasteiger partial charge in [-0.25, -0.2) is 0 Å². The van der Waals surface area contributed by atoms with Crippen LogP contribution in [0.25, 0.3) is 0 Å². The molecule has 0 aromatic heterocycles. The van der Waals surface area contributed by atoms with Crippen LogP contribution < -0.4 is 10.5 Å². The molecule has 3 aliphatic rings. The number of carbonyl (C=O) groups excluding carboxylic acids is 3. The molecule has 1 fully saturated rings. The van der Waals surface area contributed by atoms with Crippen LogP contribution in [0, 0.1) is 0 Å². The molecule has 11 nitrogen and oxygen atoms in total. The maximum Gasteiger partial charge on any atom is 0.202 e. The molecule has 47 heavy (non-hydrogen) atoms. The van der Waals surface area contributed by atoms with Crippen molar-refractivity contribution in [1.29, 1.82) is 0 Å². The van der Waals surface area contributed by atoms with Crippen LogP contribution in [0.4, 0.5) is 0 Å². The van der Waals surface area contributed by atoms with Crippen LogP contribution in [0.2, 0.25) is 0 Å². The average molecular weight is 670 g/mol. The summed E-state index contributed by atoms with van der Waals surface area (Å²) in [5.74, 6) is -3.08. The molecule has 6 atom stereocenters. The number of rotatable bonds is 7. The Bertz CT molecular complexity index is 1680. The van der Waals surface area contributed by atoms with Crippen LogP contribution in [-0.4, -0.2) is 69.9 Å². The van der Waals surface area contributed by atoms with Crippen LogP contribution >= 0.6 is 12.4 Å². The maximum absolute atomic E-state index is 13.8. The summed E-state index contributed by atoms with van der Waals surface area (Å²) in [6, 6.07) is 13.6. The summed E-state index contributed by atoms with van der Waals surface area (Å²) in [6.07, 6.45) is -3.67. The van der Waals surface area contributed by atoms with E-state index >= 15 is 0 Å². The van der Waals surface area contributed by atoms with Crippen molar-refractivity contribution in [2.24, 2.45) is 5.73 Å². The smallest absolute Gasteiger partial charge is 0.202 e. The van der Waals surface area contributed by atoms with Crippen LogP contribution in [0.1, 0.15) is 88.8 Å². The summed E-state index contributed by atoms with van der Waals surface area (Å²) in [5, 5.41) is 34.6. The molecule has 4 unspecified atom stereocenters. The lowest BCUT2D eigenvalue weighted by molar-refractivity contribution is -0.254. The number of hydrogen-bond donors (Lipinski definition) is 4. The van der Waals surface area contributed by atoms with E-state index in [0.29, 0.717) is 6.61 Å². The molecule has 3 aromatic carbocycles. The summed E-state index contributed by atoms with van der Waals surface area (Å²) >= 11 is 0. The van der Waals surface area contributed by atoms with Gasteiger partial charge in [0, 0.05) is 42.0 Å². The molecule has 252 valence electrons. The standard InChI is InChI=1S/C34H35NO10.CH4.ClH/c1-16-33(43-15-18-8-5-4-6-9-18)21(35)12-24(44-16)45-23-14-34(41,17(2)36)13-20-26(23)32(40)28-27(30(20)38)29(37)19-10-7-11-22(42-3)25(19)31(28)39;;/h4-11,16,21,23-24,33,38,40-41H,12-15,35H2,1-3H3;1H4;1H/t16?,21?,23-,24?,33?,34+;;/m1../s1. The van der Waals surface area contributed by atoms with Gasteiger partial charge >= 0.3 is 0 Å². The summed E-state index contributed by atoms with van der Waals surface area (Å²) < 4.78 is 23.8. The van der Waals surface area contributed by atoms with Crippen molar-refractivity contribution in [2.45, 2.75) is 83.4 Å². The van der Waals surface area contributed by atoms with E-state index in [1.165, 1.54) is 32.2 Å². The minimum atomic E-state index is -2.00. The molecule has 3 aromatic rings. The van der Waals surface area contributed by atoms with Crippen molar-refractivity contribution in [2.75, 3.05) is 7.11 Å². The zero-order valence-corrected chi connectivity index (χ0v) is 26.3. The summed E-state index contributed by atoms with van der Waals surface area (Å²) in [4.78, 5) is 40.1. The van der Waals surface area contributed by atoms with Gasteiger partial charge in [-0.1, -0.05) is 49.9 Å². The van der Waals surface area contributed by atoms with E-state index in [1.54, 1.807) is 6.92 Å². The van der Waals surface area contributed by atoms with Crippen LogP contribution in [-0.2, 0) is 32.0 Å². The number of phenolic OH excluding ortho intramolecular Hbond substituents is 2. The zero-order chi connectivity index (χ0) is 32.2. The van der Waals surface area contributed by atoms with E-state index in [4.69, 9.17) is 24.7 Å². The number of aromatic hydroxyl groups is 2. The lowest BCUT2D eigenvalue weighted by Gasteiger charge is -2.43. The normalized spacial score (nSPS) is 26.2. The first-order chi connectivity index (χ1) is 21.4. The Hall–Kier alpha value is -3.84. The number of aliphatic hydroxyl groups is 1. The Kier molecular flexibility index (Phi) is 10.5. The van der Waals surface area contributed by atoms with Gasteiger partial charge in [-0.2, -0.15) is 0 Å². The summed E-state index contributed by atoms with van der Waals surface area (Å²) in [5.41, 5.74) is 4.55. The first kappa shape index (κ1) is 36.0. The average Bonchev–Trinajstić information content (AvgIpc) is 3.01. The number of ketones is 3.